The minimum atomic E-state index is -2.81. The van der Waals surface area contributed by atoms with Crippen molar-refractivity contribution < 1.29 is 13.2 Å². The molecule has 0 fully saturated rings. The summed E-state index contributed by atoms with van der Waals surface area (Å²) in [5.41, 5.74) is 0.550. The number of rotatable bonds is 3. The number of aromatic nitrogens is 2. The molecule has 1 aromatic carbocycles. The number of halogens is 3. The Bertz CT molecular complexity index is 520. The van der Waals surface area contributed by atoms with Gasteiger partial charge in [-0.15, -0.1) is 0 Å². The van der Waals surface area contributed by atoms with Crippen molar-refractivity contribution in [3.63, 3.8) is 0 Å². The minimum absolute atomic E-state index is 0.500. The topological polar surface area (TPSA) is 17.8 Å². The van der Waals surface area contributed by atoms with Crippen LogP contribution in [0.15, 0.2) is 30.5 Å². The molecule has 2 nitrogen and oxygen atoms in total. The maximum absolute atomic E-state index is 13.0. The van der Waals surface area contributed by atoms with E-state index in [1.54, 1.807) is 30.4 Å². The van der Waals surface area contributed by atoms with Gasteiger partial charge in [0.25, 0.3) is 6.43 Å². The maximum atomic E-state index is 13.0. The van der Waals surface area contributed by atoms with Gasteiger partial charge in [-0.2, -0.15) is 5.10 Å². The average Bonchev–Trinajstić information content (AvgIpc) is 2.66. The number of hydrogen-bond donors (Lipinski definition) is 0. The molecule has 0 unspecified atom stereocenters. The highest BCUT2D eigenvalue weighted by Gasteiger charge is 2.14. The molecule has 0 aliphatic carbocycles. The van der Waals surface area contributed by atoms with Crippen molar-refractivity contribution in [2.75, 3.05) is 0 Å². The van der Waals surface area contributed by atoms with Crippen LogP contribution in [0.5, 0.6) is 0 Å². The summed E-state index contributed by atoms with van der Waals surface area (Å²) in [6.45, 7) is 0. The van der Waals surface area contributed by atoms with Gasteiger partial charge in [-0.1, -0.05) is 6.07 Å². The molecular weight excluding hydrogens is 229 g/mol. The van der Waals surface area contributed by atoms with Crippen LogP contribution in [0.25, 0.3) is 0 Å². The van der Waals surface area contributed by atoms with Crippen LogP contribution < -0.4 is 0 Å². The van der Waals surface area contributed by atoms with Crippen molar-refractivity contribution in [2.24, 2.45) is 7.05 Å². The molecule has 17 heavy (non-hydrogen) atoms. The summed E-state index contributed by atoms with van der Waals surface area (Å²) < 4.78 is 39.6. The fraction of sp³-hybridized carbons (Fsp3) is 0.167. The van der Waals surface area contributed by atoms with E-state index in [1.807, 2.05) is 0 Å². The van der Waals surface area contributed by atoms with Gasteiger partial charge in [0.15, 0.2) is 0 Å². The molecule has 1 radical (unpaired) electrons. The smallest absolute Gasteiger partial charge is 0.266 e. The summed E-state index contributed by atoms with van der Waals surface area (Å²) in [7, 11) is 1.76. The lowest BCUT2D eigenvalue weighted by molar-refractivity contribution is 0.146. The Labute approximate surface area is 96.7 Å². The first kappa shape index (κ1) is 11.7. The third-order valence-corrected chi connectivity index (χ3v) is 2.30. The van der Waals surface area contributed by atoms with Crippen molar-refractivity contribution in [1.82, 2.24) is 9.78 Å². The van der Waals surface area contributed by atoms with Gasteiger partial charge in [0.1, 0.15) is 5.82 Å². The fourth-order valence-electron chi connectivity index (χ4n) is 1.50. The van der Waals surface area contributed by atoms with Crippen LogP contribution in [0.2, 0.25) is 0 Å². The third-order valence-electron chi connectivity index (χ3n) is 2.30. The van der Waals surface area contributed by atoms with Crippen LogP contribution >= 0.6 is 0 Å². The summed E-state index contributed by atoms with van der Waals surface area (Å²) in [6.07, 6.45) is 0.543. The SMILES string of the molecule is Cn1ccc([CH]c2ccc(F)c(C(F)F)c2)n1. The second-order valence-corrected chi connectivity index (χ2v) is 3.64. The van der Waals surface area contributed by atoms with Crippen molar-refractivity contribution in [1.29, 1.82) is 0 Å². The summed E-state index contributed by atoms with van der Waals surface area (Å²) in [5, 5.41) is 4.08. The quantitative estimate of drug-likeness (QED) is 0.804. The molecule has 89 valence electrons. The van der Waals surface area contributed by atoms with Crippen LogP contribution in [-0.2, 0) is 7.05 Å². The Morgan fingerprint density at radius 1 is 1.29 bits per heavy atom. The maximum Gasteiger partial charge on any atom is 0.266 e. The minimum Gasteiger partial charge on any atom is -0.276 e. The Morgan fingerprint density at radius 3 is 2.65 bits per heavy atom. The predicted molar refractivity (Wildman–Crippen MR) is 57.1 cm³/mol. The Balaban J connectivity index is 2.25. The largest absolute Gasteiger partial charge is 0.276 e. The Morgan fingerprint density at radius 2 is 2.06 bits per heavy atom. The summed E-state index contributed by atoms with van der Waals surface area (Å²) in [6, 6.07) is 5.35. The van der Waals surface area contributed by atoms with Crippen molar-refractivity contribution in [2.45, 2.75) is 6.43 Å². The van der Waals surface area contributed by atoms with Crippen molar-refractivity contribution in [3.8, 4) is 0 Å². The van der Waals surface area contributed by atoms with Gasteiger partial charge in [-0.05, 0) is 23.8 Å². The van der Waals surface area contributed by atoms with Crippen LogP contribution in [-0.4, -0.2) is 9.78 Å². The van der Waals surface area contributed by atoms with Crippen LogP contribution in [0.1, 0.15) is 23.2 Å². The first-order valence-corrected chi connectivity index (χ1v) is 4.98. The molecule has 2 aromatic rings. The van der Waals surface area contributed by atoms with Gasteiger partial charge in [0.2, 0.25) is 0 Å². The third kappa shape index (κ3) is 2.67. The summed E-state index contributed by atoms with van der Waals surface area (Å²) >= 11 is 0. The Kier molecular flexibility index (Phi) is 3.17. The zero-order chi connectivity index (χ0) is 12.4. The molecule has 0 aliphatic rings. The molecule has 5 heteroatoms. The number of benzene rings is 1. The molecule has 2 rings (SSSR count). The van der Waals surface area contributed by atoms with Crippen LogP contribution in [0.3, 0.4) is 0 Å². The van der Waals surface area contributed by atoms with Crippen LogP contribution in [0, 0.1) is 12.2 Å². The van der Waals surface area contributed by atoms with Crippen molar-refractivity contribution in [3.05, 3.63) is 59.5 Å². The van der Waals surface area contributed by atoms with E-state index in [1.165, 1.54) is 6.07 Å². The van der Waals surface area contributed by atoms with Gasteiger partial charge in [0.05, 0.1) is 11.3 Å². The standard InChI is InChI=1S/C12H10F3N2/c1-17-5-4-9(16-17)6-8-2-3-11(13)10(7-8)12(14)15/h2-7,12H,1H3. The van der Waals surface area contributed by atoms with Gasteiger partial charge in [-0.25, -0.2) is 13.2 Å². The second kappa shape index (κ2) is 4.61. The fourth-order valence-corrected chi connectivity index (χ4v) is 1.50. The van der Waals surface area contributed by atoms with E-state index in [2.05, 4.69) is 5.10 Å². The monoisotopic (exact) mass is 239 g/mol. The molecule has 0 saturated heterocycles. The van der Waals surface area contributed by atoms with E-state index in [0.29, 0.717) is 11.3 Å². The molecule has 0 saturated carbocycles. The molecule has 0 N–H and O–H groups in total. The van der Waals surface area contributed by atoms with E-state index in [-0.39, 0.29) is 0 Å². The number of aryl methyl sites for hydroxylation is 1. The molecule has 0 spiro atoms. The van der Waals surface area contributed by atoms with E-state index in [9.17, 15) is 13.2 Å². The molecule has 0 atom stereocenters. The summed E-state index contributed by atoms with van der Waals surface area (Å²) in [5.74, 6) is -0.891. The molecule has 1 aromatic heterocycles. The van der Waals surface area contributed by atoms with E-state index in [0.717, 1.165) is 12.1 Å². The zero-order valence-corrected chi connectivity index (χ0v) is 9.07. The van der Waals surface area contributed by atoms with Crippen LogP contribution in [0.4, 0.5) is 13.2 Å². The van der Waals surface area contributed by atoms with Gasteiger partial charge >= 0.3 is 0 Å². The summed E-state index contributed by atoms with van der Waals surface area (Å²) in [4.78, 5) is 0. The lowest BCUT2D eigenvalue weighted by Crippen LogP contribution is -1.95. The van der Waals surface area contributed by atoms with E-state index < -0.39 is 17.8 Å². The van der Waals surface area contributed by atoms with Gasteiger partial charge < -0.3 is 0 Å². The highest BCUT2D eigenvalue weighted by atomic mass is 19.3. The van der Waals surface area contributed by atoms with Gasteiger partial charge in [0, 0.05) is 19.7 Å². The van der Waals surface area contributed by atoms with Crippen molar-refractivity contribution >= 4 is 0 Å². The number of alkyl halides is 2. The zero-order valence-electron chi connectivity index (χ0n) is 9.07. The first-order chi connectivity index (χ1) is 8.06. The molecule has 0 aliphatic heterocycles. The normalized spacial score (nSPS) is 11.1. The first-order valence-electron chi connectivity index (χ1n) is 4.98. The highest BCUT2D eigenvalue weighted by molar-refractivity contribution is 5.36. The van der Waals surface area contributed by atoms with E-state index >= 15 is 0 Å². The molecule has 1 heterocycles. The lowest BCUT2D eigenvalue weighted by Gasteiger charge is -2.04. The highest BCUT2D eigenvalue weighted by Crippen LogP contribution is 2.24. The molecule has 0 amide bonds. The number of nitrogens with zero attached hydrogens (tertiary/aromatic N) is 2. The lowest BCUT2D eigenvalue weighted by atomic mass is 10.1. The molecular formula is C12H10F3N2. The Hall–Kier alpha value is -1.78. The van der Waals surface area contributed by atoms with E-state index in [4.69, 9.17) is 0 Å². The average molecular weight is 239 g/mol. The number of hydrogen-bond acceptors (Lipinski definition) is 1. The van der Waals surface area contributed by atoms with Gasteiger partial charge in [-0.3, -0.25) is 4.68 Å². The molecule has 0 bridgehead atoms. The predicted octanol–water partition coefficient (Wildman–Crippen LogP) is 3.10. The second-order valence-electron chi connectivity index (χ2n) is 3.64.